The van der Waals surface area contributed by atoms with Crippen molar-refractivity contribution in [2.45, 2.75) is 5.50 Å². The second-order valence-corrected chi connectivity index (χ2v) is 2.65. The summed E-state index contributed by atoms with van der Waals surface area (Å²) in [4.78, 5) is 2.22. The second-order valence-electron chi connectivity index (χ2n) is 1.99. The number of halogens is 3. The van der Waals surface area contributed by atoms with E-state index in [-0.39, 0.29) is 5.82 Å². The molecule has 4 heteroatoms. The van der Waals surface area contributed by atoms with Crippen LogP contribution in [-0.2, 0) is 0 Å². The standard InChI is InChI=1S/C7H6Cl2FN/c8-7(11-9)5-3-1-2-4-6(5)10/h1-4,7,11H. The molecule has 60 valence electrons. The number of nitrogens with one attached hydrogen (secondary N) is 1. The molecule has 1 unspecified atom stereocenters. The summed E-state index contributed by atoms with van der Waals surface area (Å²) < 4.78 is 12.8. The molecule has 1 aromatic carbocycles. The topological polar surface area (TPSA) is 12.0 Å². The van der Waals surface area contributed by atoms with Crippen molar-refractivity contribution in [2.24, 2.45) is 0 Å². The zero-order valence-corrected chi connectivity index (χ0v) is 7.03. The molecule has 0 fully saturated rings. The van der Waals surface area contributed by atoms with Gasteiger partial charge < -0.3 is 0 Å². The Hall–Kier alpha value is -0.310. The van der Waals surface area contributed by atoms with Crippen LogP contribution in [0.25, 0.3) is 0 Å². The molecule has 1 N–H and O–H groups in total. The lowest BCUT2D eigenvalue weighted by atomic mass is 10.2. The predicted molar refractivity (Wildman–Crippen MR) is 44.0 cm³/mol. The minimum Gasteiger partial charge on any atom is -0.211 e. The van der Waals surface area contributed by atoms with Crippen molar-refractivity contribution in [3.05, 3.63) is 35.6 Å². The van der Waals surface area contributed by atoms with E-state index >= 15 is 0 Å². The first kappa shape index (κ1) is 8.78. The molecule has 0 aliphatic heterocycles. The van der Waals surface area contributed by atoms with E-state index in [1.165, 1.54) is 6.07 Å². The van der Waals surface area contributed by atoms with Gasteiger partial charge in [-0.2, -0.15) is 0 Å². The summed E-state index contributed by atoms with van der Waals surface area (Å²) in [5.74, 6) is -0.361. The lowest BCUT2D eigenvalue weighted by Gasteiger charge is -2.06. The summed E-state index contributed by atoms with van der Waals surface area (Å²) in [6.07, 6.45) is 0. The molecule has 0 aliphatic carbocycles. The second kappa shape index (κ2) is 3.90. The first-order chi connectivity index (χ1) is 5.25. The van der Waals surface area contributed by atoms with Crippen molar-refractivity contribution in [1.82, 2.24) is 4.84 Å². The third kappa shape index (κ3) is 2.06. The number of hydrogen-bond acceptors (Lipinski definition) is 1. The van der Waals surface area contributed by atoms with Gasteiger partial charge in [-0.25, -0.2) is 9.23 Å². The molecule has 0 radical (unpaired) electrons. The number of alkyl halides is 1. The Morgan fingerprint density at radius 1 is 1.36 bits per heavy atom. The van der Waals surface area contributed by atoms with Crippen LogP contribution < -0.4 is 4.84 Å². The molecule has 0 amide bonds. The van der Waals surface area contributed by atoms with Gasteiger partial charge in [-0.15, -0.1) is 0 Å². The van der Waals surface area contributed by atoms with Crippen LogP contribution in [0.3, 0.4) is 0 Å². The predicted octanol–water partition coefficient (Wildman–Crippen LogP) is 2.81. The van der Waals surface area contributed by atoms with Crippen molar-refractivity contribution in [3.63, 3.8) is 0 Å². The van der Waals surface area contributed by atoms with Gasteiger partial charge in [0.05, 0.1) is 0 Å². The average molecular weight is 194 g/mol. The molecule has 1 rings (SSSR count). The molecule has 1 nitrogen and oxygen atoms in total. The fourth-order valence-corrected chi connectivity index (χ4v) is 1.03. The van der Waals surface area contributed by atoms with E-state index in [0.717, 1.165) is 0 Å². The smallest absolute Gasteiger partial charge is 0.129 e. The van der Waals surface area contributed by atoms with Gasteiger partial charge in [0.2, 0.25) is 0 Å². The fourth-order valence-electron chi connectivity index (χ4n) is 0.739. The van der Waals surface area contributed by atoms with Gasteiger partial charge >= 0.3 is 0 Å². The third-order valence-corrected chi connectivity index (χ3v) is 1.95. The first-order valence-electron chi connectivity index (χ1n) is 3.00. The molecule has 1 atom stereocenters. The van der Waals surface area contributed by atoms with Crippen LogP contribution in [0, 0.1) is 5.82 Å². The number of benzene rings is 1. The zero-order valence-electron chi connectivity index (χ0n) is 5.52. The molecule has 1 aromatic rings. The Bertz CT molecular complexity index is 242. The van der Waals surface area contributed by atoms with Crippen molar-refractivity contribution in [3.8, 4) is 0 Å². The van der Waals surface area contributed by atoms with Crippen LogP contribution in [0.5, 0.6) is 0 Å². The van der Waals surface area contributed by atoms with Crippen LogP contribution >= 0.6 is 23.4 Å². The van der Waals surface area contributed by atoms with Gasteiger partial charge in [0, 0.05) is 5.56 Å². The molecular formula is C7H6Cl2FN. The molecular weight excluding hydrogens is 188 g/mol. The van der Waals surface area contributed by atoms with Crippen LogP contribution in [-0.4, -0.2) is 0 Å². The maximum absolute atomic E-state index is 12.8. The van der Waals surface area contributed by atoms with Gasteiger partial charge in [0.1, 0.15) is 11.3 Å². The average Bonchev–Trinajstić information content (AvgIpc) is 2.04. The van der Waals surface area contributed by atoms with Crippen LogP contribution in [0.4, 0.5) is 4.39 Å². The van der Waals surface area contributed by atoms with E-state index in [9.17, 15) is 4.39 Å². The SMILES string of the molecule is Fc1ccccc1C(Cl)NCl. The zero-order chi connectivity index (χ0) is 8.27. The highest BCUT2D eigenvalue weighted by Crippen LogP contribution is 2.20. The minimum atomic E-state index is -0.683. The summed E-state index contributed by atoms with van der Waals surface area (Å²) in [7, 11) is 0. The Balaban J connectivity index is 2.93. The van der Waals surface area contributed by atoms with Gasteiger partial charge in [0.15, 0.2) is 0 Å². The van der Waals surface area contributed by atoms with Crippen LogP contribution in [0.2, 0.25) is 0 Å². The molecule has 0 spiro atoms. The number of hydrogen-bond donors (Lipinski definition) is 1. The van der Waals surface area contributed by atoms with Gasteiger partial charge in [-0.3, -0.25) is 0 Å². The van der Waals surface area contributed by atoms with Crippen molar-refractivity contribution < 1.29 is 4.39 Å². The van der Waals surface area contributed by atoms with E-state index in [0.29, 0.717) is 5.56 Å². The number of rotatable bonds is 2. The van der Waals surface area contributed by atoms with E-state index in [2.05, 4.69) is 4.84 Å². The van der Waals surface area contributed by atoms with Gasteiger partial charge in [-0.05, 0) is 17.8 Å². The third-order valence-electron chi connectivity index (χ3n) is 1.27. The summed E-state index contributed by atoms with van der Waals surface area (Å²) >= 11 is 10.8. The molecule has 0 aromatic heterocycles. The van der Waals surface area contributed by atoms with Crippen LogP contribution in [0.15, 0.2) is 24.3 Å². The van der Waals surface area contributed by atoms with E-state index in [4.69, 9.17) is 23.4 Å². The Morgan fingerprint density at radius 3 is 2.55 bits per heavy atom. The lowest BCUT2D eigenvalue weighted by molar-refractivity contribution is 0.604. The molecule has 0 heterocycles. The van der Waals surface area contributed by atoms with Crippen molar-refractivity contribution in [2.75, 3.05) is 0 Å². The van der Waals surface area contributed by atoms with Gasteiger partial charge in [0.25, 0.3) is 0 Å². The highest BCUT2D eigenvalue weighted by atomic mass is 35.5. The lowest BCUT2D eigenvalue weighted by Crippen LogP contribution is -2.05. The summed E-state index contributed by atoms with van der Waals surface area (Å²) in [5.41, 5.74) is -0.331. The van der Waals surface area contributed by atoms with Crippen molar-refractivity contribution in [1.29, 1.82) is 0 Å². The first-order valence-corrected chi connectivity index (χ1v) is 3.82. The largest absolute Gasteiger partial charge is 0.211 e. The van der Waals surface area contributed by atoms with E-state index in [1.807, 2.05) is 0 Å². The Morgan fingerprint density at radius 2 is 2.00 bits per heavy atom. The summed E-state index contributed by atoms with van der Waals surface area (Å²) in [6.45, 7) is 0. The van der Waals surface area contributed by atoms with E-state index < -0.39 is 5.50 Å². The van der Waals surface area contributed by atoms with E-state index in [1.54, 1.807) is 18.2 Å². The molecule has 0 saturated heterocycles. The van der Waals surface area contributed by atoms with Gasteiger partial charge in [-0.1, -0.05) is 29.8 Å². The maximum atomic E-state index is 12.8. The summed E-state index contributed by atoms with van der Waals surface area (Å²) in [6, 6.07) is 6.19. The highest BCUT2D eigenvalue weighted by molar-refractivity contribution is 6.25. The van der Waals surface area contributed by atoms with Crippen molar-refractivity contribution >= 4 is 23.4 Å². The minimum absolute atomic E-state index is 0.351. The molecule has 11 heavy (non-hydrogen) atoms. The molecule has 0 saturated carbocycles. The molecule has 0 bridgehead atoms. The molecule has 0 aliphatic rings. The Labute approximate surface area is 74.2 Å². The monoisotopic (exact) mass is 193 g/mol. The fraction of sp³-hybridized carbons (Fsp3) is 0.143. The normalized spacial score (nSPS) is 13.0. The quantitative estimate of drug-likeness (QED) is 0.433. The maximum Gasteiger partial charge on any atom is 0.129 e. The Kier molecular flexibility index (Phi) is 3.12. The summed E-state index contributed by atoms with van der Waals surface area (Å²) in [5, 5.41) is 0. The van der Waals surface area contributed by atoms with Crippen LogP contribution in [0.1, 0.15) is 11.1 Å². The highest BCUT2D eigenvalue weighted by Gasteiger charge is 2.09.